The minimum Gasteiger partial charge on any atom is -0.350 e. The van der Waals surface area contributed by atoms with Crippen molar-refractivity contribution in [1.82, 2.24) is 10.6 Å². The lowest BCUT2D eigenvalue weighted by Crippen LogP contribution is -2.50. The average molecular weight is 228 g/mol. The molecule has 3 nitrogen and oxygen atoms in total. The summed E-state index contributed by atoms with van der Waals surface area (Å²) in [5.74, 6) is 0.714. The van der Waals surface area contributed by atoms with Crippen molar-refractivity contribution < 1.29 is 4.79 Å². The van der Waals surface area contributed by atoms with Crippen molar-refractivity contribution in [1.29, 1.82) is 0 Å². The fourth-order valence-electron chi connectivity index (χ4n) is 1.54. The van der Waals surface area contributed by atoms with Gasteiger partial charge in [-0.1, -0.05) is 20.3 Å². The molecule has 0 heterocycles. The molecule has 0 aromatic heterocycles. The fraction of sp³-hybridized carbons (Fsp3) is 0.923. The van der Waals surface area contributed by atoms with E-state index in [1.807, 2.05) is 27.7 Å². The molecule has 0 fully saturated rings. The number of amides is 1. The molecule has 0 aliphatic carbocycles. The van der Waals surface area contributed by atoms with E-state index in [1.165, 1.54) is 12.8 Å². The van der Waals surface area contributed by atoms with E-state index in [2.05, 4.69) is 24.5 Å². The van der Waals surface area contributed by atoms with E-state index in [4.69, 9.17) is 0 Å². The minimum absolute atomic E-state index is 0.0798. The highest BCUT2D eigenvalue weighted by Gasteiger charge is 2.18. The van der Waals surface area contributed by atoms with Gasteiger partial charge in [0.25, 0.3) is 0 Å². The molecule has 0 saturated carbocycles. The first-order valence-electron chi connectivity index (χ1n) is 6.31. The maximum Gasteiger partial charge on any atom is 0.237 e. The zero-order chi connectivity index (χ0) is 12.8. The van der Waals surface area contributed by atoms with Gasteiger partial charge in [-0.05, 0) is 46.6 Å². The van der Waals surface area contributed by atoms with Crippen LogP contribution < -0.4 is 10.6 Å². The number of carbonyl (C=O) groups is 1. The Labute approximate surface area is 100 Å². The van der Waals surface area contributed by atoms with E-state index in [0.29, 0.717) is 5.92 Å². The Hall–Kier alpha value is -0.570. The van der Waals surface area contributed by atoms with Gasteiger partial charge in [-0.15, -0.1) is 0 Å². The predicted octanol–water partition coefficient (Wildman–Crippen LogP) is 2.32. The third-order valence-corrected chi connectivity index (χ3v) is 2.45. The van der Waals surface area contributed by atoms with Crippen LogP contribution in [0.3, 0.4) is 0 Å². The Balaban J connectivity index is 3.88. The summed E-state index contributed by atoms with van der Waals surface area (Å²) in [6.07, 6.45) is 2.41. The molecule has 0 radical (unpaired) electrons. The molecular formula is C13H28N2O. The third-order valence-electron chi connectivity index (χ3n) is 2.45. The summed E-state index contributed by atoms with van der Waals surface area (Å²) in [6.45, 7) is 13.2. The van der Waals surface area contributed by atoms with Gasteiger partial charge < -0.3 is 10.6 Å². The lowest BCUT2D eigenvalue weighted by molar-refractivity contribution is -0.124. The van der Waals surface area contributed by atoms with Crippen molar-refractivity contribution in [3.05, 3.63) is 0 Å². The molecule has 0 aromatic carbocycles. The van der Waals surface area contributed by atoms with E-state index in [1.54, 1.807) is 0 Å². The number of carbonyl (C=O) groups excluding carboxylic acids is 1. The monoisotopic (exact) mass is 228 g/mol. The lowest BCUT2D eigenvalue weighted by Gasteiger charge is -2.24. The summed E-state index contributed by atoms with van der Waals surface area (Å²) >= 11 is 0. The highest BCUT2D eigenvalue weighted by molar-refractivity contribution is 5.81. The first-order chi connectivity index (χ1) is 7.26. The first kappa shape index (κ1) is 15.4. The Morgan fingerprint density at radius 1 is 1.25 bits per heavy atom. The maximum atomic E-state index is 11.8. The van der Waals surface area contributed by atoms with Crippen LogP contribution in [0.2, 0.25) is 0 Å². The van der Waals surface area contributed by atoms with Crippen LogP contribution in [0.1, 0.15) is 54.4 Å². The van der Waals surface area contributed by atoms with Gasteiger partial charge in [-0.3, -0.25) is 4.79 Å². The van der Waals surface area contributed by atoms with Crippen molar-refractivity contribution >= 4 is 5.91 Å². The molecule has 3 heteroatoms. The summed E-state index contributed by atoms with van der Waals surface area (Å²) < 4.78 is 0. The van der Waals surface area contributed by atoms with Crippen molar-refractivity contribution in [2.24, 2.45) is 5.92 Å². The Bertz CT molecular complexity index is 208. The second-order valence-electron chi connectivity index (χ2n) is 5.76. The van der Waals surface area contributed by atoms with Gasteiger partial charge >= 0.3 is 0 Å². The first-order valence-corrected chi connectivity index (χ1v) is 6.31. The lowest BCUT2D eigenvalue weighted by atomic mass is 10.1. The van der Waals surface area contributed by atoms with E-state index >= 15 is 0 Å². The largest absolute Gasteiger partial charge is 0.350 e. The zero-order valence-electron chi connectivity index (χ0n) is 11.7. The SMILES string of the molecule is CCCC(C)CNC(C)C(=O)NC(C)(C)C. The third kappa shape index (κ3) is 7.69. The molecule has 2 N–H and O–H groups in total. The van der Waals surface area contributed by atoms with Crippen LogP contribution in [0.25, 0.3) is 0 Å². The van der Waals surface area contributed by atoms with E-state index in [9.17, 15) is 4.79 Å². The molecular weight excluding hydrogens is 200 g/mol. The molecule has 0 saturated heterocycles. The van der Waals surface area contributed by atoms with Crippen LogP contribution in [0.4, 0.5) is 0 Å². The van der Waals surface area contributed by atoms with Crippen LogP contribution in [-0.4, -0.2) is 24.0 Å². The molecule has 2 unspecified atom stereocenters. The zero-order valence-corrected chi connectivity index (χ0v) is 11.7. The van der Waals surface area contributed by atoms with Gasteiger partial charge in [-0.25, -0.2) is 0 Å². The molecule has 96 valence electrons. The molecule has 16 heavy (non-hydrogen) atoms. The smallest absolute Gasteiger partial charge is 0.237 e. The molecule has 1 amide bonds. The number of rotatable bonds is 6. The highest BCUT2D eigenvalue weighted by Crippen LogP contribution is 2.04. The van der Waals surface area contributed by atoms with E-state index in [-0.39, 0.29) is 17.5 Å². The molecule has 0 rings (SSSR count). The van der Waals surface area contributed by atoms with Gasteiger partial charge in [-0.2, -0.15) is 0 Å². The van der Waals surface area contributed by atoms with Gasteiger partial charge in [0, 0.05) is 5.54 Å². The Morgan fingerprint density at radius 3 is 2.25 bits per heavy atom. The van der Waals surface area contributed by atoms with Crippen LogP contribution in [0.15, 0.2) is 0 Å². The summed E-state index contributed by atoms with van der Waals surface area (Å²) in [5, 5.41) is 6.25. The van der Waals surface area contributed by atoms with Crippen LogP contribution in [0, 0.1) is 5.92 Å². The fourth-order valence-corrected chi connectivity index (χ4v) is 1.54. The van der Waals surface area contributed by atoms with Crippen LogP contribution in [-0.2, 0) is 4.79 Å². The van der Waals surface area contributed by atoms with Crippen molar-refractivity contribution in [3.8, 4) is 0 Å². The summed E-state index contributed by atoms with van der Waals surface area (Å²) in [7, 11) is 0. The number of nitrogens with one attached hydrogen (secondary N) is 2. The molecule has 0 spiro atoms. The summed E-state index contributed by atoms with van der Waals surface area (Å²) in [6, 6.07) is -0.112. The van der Waals surface area contributed by atoms with Crippen LogP contribution >= 0.6 is 0 Å². The summed E-state index contributed by atoms with van der Waals surface area (Å²) in [5.41, 5.74) is -0.151. The molecule has 2 atom stereocenters. The van der Waals surface area contributed by atoms with E-state index in [0.717, 1.165) is 6.54 Å². The second-order valence-corrected chi connectivity index (χ2v) is 5.76. The van der Waals surface area contributed by atoms with Gasteiger partial charge in [0.05, 0.1) is 6.04 Å². The normalized spacial score (nSPS) is 15.6. The van der Waals surface area contributed by atoms with Crippen molar-refractivity contribution in [2.75, 3.05) is 6.54 Å². The number of hydrogen-bond acceptors (Lipinski definition) is 2. The molecule has 0 aliphatic heterocycles. The molecule has 0 bridgehead atoms. The molecule has 0 aromatic rings. The van der Waals surface area contributed by atoms with Gasteiger partial charge in [0.1, 0.15) is 0 Å². The van der Waals surface area contributed by atoms with Gasteiger partial charge in [0.15, 0.2) is 0 Å². The topological polar surface area (TPSA) is 41.1 Å². The van der Waals surface area contributed by atoms with Crippen molar-refractivity contribution in [2.45, 2.75) is 66.0 Å². The Morgan fingerprint density at radius 2 is 1.81 bits per heavy atom. The standard InChI is InChI=1S/C13H28N2O/c1-7-8-10(2)9-14-11(3)12(16)15-13(4,5)6/h10-11,14H,7-9H2,1-6H3,(H,15,16). The molecule has 0 aliphatic rings. The average Bonchev–Trinajstić information content (AvgIpc) is 2.11. The predicted molar refractivity (Wildman–Crippen MR) is 69.4 cm³/mol. The summed E-state index contributed by atoms with van der Waals surface area (Å²) in [4.78, 5) is 11.8. The van der Waals surface area contributed by atoms with Crippen LogP contribution in [0.5, 0.6) is 0 Å². The number of hydrogen-bond donors (Lipinski definition) is 2. The quantitative estimate of drug-likeness (QED) is 0.732. The minimum atomic E-state index is -0.151. The second kappa shape index (κ2) is 6.89. The highest BCUT2D eigenvalue weighted by atomic mass is 16.2. The maximum absolute atomic E-state index is 11.8. The van der Waals surface area contributed by atoms with Crippen molar-refractivity contribution in [3.63, 3.8) is 0 Å². The van der Waals surface area contributed by atoms with E-state index < -0.39 is 0 Å². The Kier molecular flexibility index (Phi) is 6.65. The van der Waals surface area contributed by atoms with Gasteiger partial charge in [0.2, 0.25) is 5.91 Å².